The van der Waals surface area contributed by atoms with Crippen LogP contribution in [0.4, 0.5) is 0 Å². The van der Waals surface area contributed by atoms with E-state index in [-0.39, 0.29) is 17.0 Å². The van der Waals surface area contributed by atoms with Crippen molar-refractivity contribution in [1.29, 1.82) is 0 Å². The van der Waals surface area contributed by atoms with Crippen LogP contribution in [0.2, 0.25) is 0 Å². The van der Waals surface area contributed by atoms with Crippen molar-refractivity contribution < 1.29 is 23.9 Å². The van der Waals surface area contributed by atoms with E-state index in [1.54, 1.807) is 30.3 Å². The summed E-state index contributed by atoms with van der Waals surface area (Å²) in [7, 11) is 1.28. The number of nitrogens with zero attached hydrogens (tertiary/aromatic N) is 2. The van der Waals surface area contributed by atoms with Crippen molar-refractivity contribution in [2.24, 2.45) is 5.92 Å². The summed E-state index contributed by atoms with van der Waals surface area (Å²) in [5.41, 5.74) is 1.46. The second-order valence-corrected chi connectivity index (χ2v) is 8.19. The second kappa shape index (κ2) is 8.42. The average molecular weight is 432 g/mol. The monoisotopic (exact) mass is 432 g/mol. The topological polar surface area (TPSA) is 84.0 Å². The van der Waals surface area contributed by atoms with Gasteiger partial charge >= 0.3 is 5.97 Å². The van der Waals surface area contributed by atoms with E-state index in [0.29, 0.717) is 0 Å². The van der Waals surface area contributed by atoms with Gasteiger partial charge in [0.15, 0.2) is 0 Å². The quantitative estimate of drug-likeness (QED) is 0.398. The first-order chi connectivity index (χ1) is 15.4. The number of rotatable bonds is 6. The summed E-state index contributed by atoms with van der Waals surface area (Å²) >= 11 is 0. The van der Waals surface area contributed by atoms with E-state index in [4.69, 9.17) is 4.74 Å². The number of hydrogen-bond acceptors (Lipinski definition) is 5. The number of benzene rings is 2. The first-order valence-corrected chi connectivity index (χ1v) is 10.5. The fourth-order valence-electron chi connectivity index (χ4n) is 4.36. The van der Waals surface area contributed by atoms with Crippen LogP contribution in [0.1, 0.15) is 40.1 Å². The Hall–Kier alpha value is -3.74. The Kier molecular flexibility index (Phi) is 5.65. The molecule has 2 aliphatic heterocycles. The highest BCUT2D eigenvalue weighted by atomic mass is 16.5. The number of ether oxygens (including phenoxy) is 1. The fourth-order valence-corrected chi connectivity index (χ4v) is 4.36. The van der Waals surface area contributed by atoms with Gasteiger partial charge in [0.2, 0.25) is 5.91 Å². The van der Waals surface area contributed by atoms with E-state index in [9.17, 15) is 19.2 Å². The van der Waals surface area contributed by atoms with Crippen molar-refractivity contribution in [3.63, 3.8) is 0 Å². The lowest BCUT2D eigenvalue weighted by Crippen LogP contribution is -2.74. The molecule has 1 fully saturated rings. The Labute approximate surface area is 186 Å². The maximum Gasteiger partial charge on any atom is 0.328 e. The van der Waals surface area contributed by atoms with E-state index in [2.05, 4.69) is 0 Å². The molecular weight excluding hydrogens is 408 g/mol. The number of β-lactam (4-membered cyclic amide) rings is 1. The number of carbonyl (C=O) groups is 4. The average Bonchev–Trinajstić information content (AvgIpc) is 3.05. The van der Waals surface area contributed by atoms with Gasteiger partial charge in [-0.25, -0.2) is 4.79 Å². The predicted molar refractivity (Wildman–Crippen MR) is 117 cm³/mol. The molecule has 2 aromatic rings. The van der Waals surface area contributed by atoms with Crippen LogP contribution < -0.4 is 0 Å². The third-order valence-corrected chi connectivity index (χ3v) is 5.92. The minimum absolute atomic E-state index is 0.220. The highest BCUT2D eigenvalue weighted by Crippen LogP contribution is 2.36. The van der Waals surface area contributed by atoms with Gasteiger partial charge in [0, 0.05) is 0 Å². The summed E-state index contributed by atoms with van der Waals surface area (Å²) in [5.74, 6) is -2.21. The van der Waals surface area contributed by atoms with Crippen LogP contribution in [0.25, 0.3) is 6.08 Å². The maximum absolute atomic E-state index is 13.3. The Morgan fingerprint density at radius 3 is 2.03 bits per heavy atom. The number of fused-ring (bicyclic) bond motifs is 1. The summed E-state index contributed by atoms with van der Waals surface area (Å²) in [6.45, 7) is 3.64. The Morgan fingerprint density at radius 2 is 1.50 bits per heavy atom. The van der Waals surface area contributed by atoms with E-state index in [1.165, 1.54) is 12.0 Å². The zero-order valence-electron chi connectivity index (χ0n) is 18.1. The lowest BCUT2D eigenvalue weighted by atomic mass is 9.86. The van der Waals surface area contributed by atoms with Crippen molar-refractivity contribution >= 4 is 29.8 Å². The van der Waals surface area contributed by atoms with E-state index in [0.717, 1.165) is 10.5 Å². The molecule has 164 valence electrons. The molecule has 32 heavy (non-hydrogen) atoms. The molecule has 0 aromatic heterocycles. The molecule has 1 saturated heterocycles. The molecule has 0 bridgehead atoms. The molecule has 0 spiro atoms. The van der Waals surface area contributed by atoms with Gasteiger partial charge in [0.25, 0.3) is 11.8 Å². The minimum Gasteiger partial charge on any atom is -0.467 e. The van der Waals surface area contributed by atoms with Crippen LogP contribution in [0.5, 0.6) is 0 Å². The van der Waals surface area contributed by atoms with Crippen molar-refractivity contribution in [2.75, 3.05) is 7.11 Å². The molecule has 0 radical (unpaired) electrons. The van der Waals surface area contributed by atoms with Gasteiger partial charge in [-0.3, -0.25) is 19.3 Å². The molecule has 2 aliphatic rings. The summed E-state index contributed by atoms with van der Waals surface area (Å²) in [6, 6.07) is 13.5. The minimum atomic E-state index is -1.02. The van der Waals surface area contributed by atoms with Gasteiger partial charge in [0.1, 0.15) is 12.1 Å². The molecule has 0 N–H and O–H groups in total. The number of imide groups is 1. The van der Waals surface area contributed by atoms with Gasteiger partial charge < -0.3 is 9.64 Å². The molecule has 2 heterocycles. The third kappa shape index (κ3) is 3.39. The highest BCUT2D eigenvalue weighted by Gasteiger charge is 2.58. The van der Waals surface area contributed by atoms with Crippen LogP contribution in [0, 0.1) is 5.92 Å². The van der Waals surface area contributed by atoms with Crippen molar-refractivity contribution in [3.05, 3.63) is 77.4 Å². The standard InChI is InChI=1S/C25H24N2O5/c1-15(2)20(25(31)32-3)26-19(14-13-16-9-5-4-6-10-16)21(24(26)30)27-22(28)17-11-7-8-12-18(17)23(27)29/h4-15,19-21H,1-3H3/t19-,20-,21+/m1/s1. The van der Waals surface area contributed by atoms with E-state index in [1.807, 2.05) is 50.3 Å². The zero-order chi connectivity index (χ0) is 23.0. The van der Waals surface area contributed by atoms with Gasteiger partial charge in [-0.05, 0) is 23.6 Å². The molecule has 7 heteroatoms. The molecular formula is C25H24N2O5. The summed E-state index contributed by atoms with van der Waals surface area (Å²) in [5, 5.41) is 0. The van der Waals surface area contributed by atoms with Crippen LogP contribution in [0.3, 0.4) is 0 Å². The fraction of sp³-hybridized carbons (Fsp3) is 0.280. The number of amides is 3. The molecule has 0 saturated carbocycles. The van der Waals surface area contributed by atoms with Crippen molar-refractivity contribution in [2.45, 2.75) is 32.0 Å². The van der Waals surface area contributed by atoms with Gasteiger partial charge in [0.05, 0.1) is 24.3 Å². The lowest BCUT2D eigenvalue weighted by molar-refractivity contribution is -0.170. The van der Waals surface area contributed by atoms with Gasteiger partial charge in [-0.1, -0.05) is 68.5 Å². The number of methoxy groups -OCH3 is 1. The zero-order valence-corrected chi connectivity index (χ0v) is 18.1. The highest BCUT2D eigenvalue weighted by molar-refractivity contribution is 6.23. The van der Waals surface area contributed by atoms with Crippen LogP contribution in [-0.4, -0.2) is 58.7 Å². The lowest BCUT2D eigenvalue weighted by Gasteiger charge is -2.51. The summed E-state index contributed by atoms with van der Waals surface area (Å²) in [6.07, 6.45) is 3.59. The predicted octanol–water partition coefficient (Wildman–Crippen LogP) is 2.77. The first kappa shape index (κ1) is 21.5. The largest absolute Gasteiger partial charge is 0.467 e. The Morgan fingerprint density at radius 1 is 0.938 bits per heavy atom. The van der Waals surface area contributed by atoms with Crippen LogP contribution in [-0.2, 0) is 14.3 Å². The number of likely N-dealkylation sites (tertiary alicyclic amines) is 1. The van der Waals surface area contributed by atoms with Crippen molar-refractivity contribution in [3.8, 4) is 0 Å². The normalized spacial score (nSPS) is 21.2. The number of carbonyl (C=O) groups excluding carboxylic acids is 4. The van der Waals surface area contributed by atoms with Gasteiger partial charge in [-0.15, -0.1) is 0 Å². The molecule has 2 aromatic carbocycles. The summed E-state index contributed by atoms with van der Waals surface area (Å²) < 4.78 is 4.94. The van der Waals surface area contributed by atoms with Crippen LogP contribution in [0.15, 0.2) is 60.7 Å². The second-order valence-electron chi connectivity index (χ2n) is 8.19. The molecule has 3 atom stereocenters. The van der Waals surface area contributed by atoms with E-state index < -0.39 is 41.8 Å². The number of hydrogen-bond donors (Lipinski definition) is 0. The molecule has 0 unspecified atom stereocenters. The molecule has 0 aliphatic carbocycles. The van der Waals surface area contributed by atoms with Crippen LogP contribution >= 0.6 is 0 Å². The number of esters is 1. The first-order valence-electron chi connectivity index (χ1n) is 10.5. The Bertz CT molecular complexity index is 1070. The van der Waals surface area contributed by atoms with E-state index >= 15 is 0 Å². The SMILES string of the molecule is COC(=O)[C@@H](C(C)C)N1C(=O)[C@@H](N2C(=O)c3ccccc3C2=O)[C@H]1C=Cc1ccccc1. The molecule has 4 rings (SSSR count). The molecule has 7 nitrogen and oxygen atoms in total. The smallest absolute Gasteiger partial charge is 0.328 e. The van der Waals surface area contributed by atoms with Crippen molar-refractivity contribution in [1.82, 2.24) is 9.80 Å². The molecule has 3 amide bonds. The Balaban J connectivity index is 1.72. The van der Waals surface area contributed by atoms with Gasteiger partial charge in [-0.2, -0.15) is 0 Å². The maximum atomic E-state index is 13.3. The summed E-state index contributed by atoms with van der Waals surface area (Å²) in [4.78, 5) is 54.3. The third-order valence-electron chi connectivity index (χ3n) is 5.92.